The predicted molar refractivity (Wildman–Crippen MR) is 78.0 cm³/mol. The summed E-state index contributed by atoms with van der Waals surface area (Å²) in [6, 6.07) is 1.76. The van der Waals surface area contributed by atoms with Crippen molar-refractivity contribution in [1.82, 2.24) is 29.4 Å². The zero-order chi connectivity index (χ0) is 14.7. The largest absolute Gasteiger partial charge is 0.338 e. The first-order valence-corrected chi connectivity index (χ1v) is 7.39. The first kappa shape index (κ1) is 13.9. The molecule has 1 saturated heterocycles. The van der Waals surface area contributed by atoms with Gasteiger partial charge in [0.05, 0.1) is 0 Å². The first-order valence-electron chi connectivity index (χ1n) is 7.39. The van der Waals surface area contributed by atoms with Crippen molar-refractivity contribution in [2.45, 2.75) is 19.3 Å². The third kappa shape index (κ3) is 3.18. The van der Waals surface area contributed by atoms with Gasteiger partial charge in [-0.05, 0) is 32.0 Å². The molecule has 0 atom stereocenters. The highest BCUT2D eigenvalue weighted by Crippen LogP contribution is 2.08. The van der Waals surface area contributed by atoms with Crippen molar-refractivity contribution in [3.05, 3.63) is 24.3 Å². The van der Waals surface area contributed by atoms with Gasteiger partial charge in [-0.25, -0.2) is 9.50 Å². The number of likely N-dealkylation sites (N-methyl/N-ethyl adjacent to an activating group) is 1. The molecule has 2 aromatic heterocycles. The Hall–Kier alpha value is -2.02. The molecule has 1 aliphatic rings. The highest BCUT2D eigenvalue weighted by atomic mass is 16.2. The van der Waals surface area contributed by atoms with Crippen molar-refractivity contribution in [3.63, 3.8) is 0 Å². The Kier molecular flexibility index (Phi) is 4.10. The van der Waals surface area contributed by atoms with Crippen LogP contribution in [0.25, 0.3) is 5.78 Å². The topological polar surface area (TPSA) is 66.6 Å². The molecule has 2 aromatic rings. The molecule has 0 aliphatic carbocycles. The van der Waals surface area contributed by atoms with Crippen molar-refractivity contribution in [2.75, 3.05) is 33.2 Å². The van der Waals surface area contributed by atoms with Gasteiger partial charge in [-0.2, -0.15) is 4.98 Å². The Bertz CT molecular complexity index is 586. The van der Waals surface area contributed by atoms with Crippen LogP contribution in [0.2, 0.25) is 0 Å². The molecule has 1 aliphatic heterocycles. The summed E-state index contributed by atoms with van der Waals surface area (Å²) in [5, 5.41) is 4.17. The molecule has 0 saturated carbocycles. The fraction of sp³-hybridized carbons (Fsp3) is 0.571. The minimum absolute atomic E-state index is 0.155. The number of carbonyl (C=O) groups is 1. The number of hydrogen-bond acceptors (Lipinski definition) is 5. The Morgan fingerprint density at radius 2 is 2.14 bits per heavy atom. The van der Waals surface area contributed by atoms with Crippen LogP contribution >= 0.6 is 0 Å². The number of piperidine rings is 1. The Labute approximate surface area is 123 Å². The Morgan fingerprint density at radius 3 is 2.90 bits per heavy atom. The minimum Gasteiger partial charge on any atom is -0.338 e. The van der Waals surface area contributed by atoms with Gasteiger partial charge in [-0.15, -0.1) is 5.10 Å². The summed E-state index contributed by atoms with van der Waals surface area (Å²) in [5.74, 6) is 0.498. The maximum atomic E-state index is 12.3. The second kappa shape index (κ2) is 6.17. The molecular formula is C14H20N6O. The van der Waals surface area contributed by atoms with Gasteiger partial charge in [0.2, 0.25) is 5.82 Å². The van der Waals surface area contributed by atoms with E-state index in [2.05, 4.69) is 20.0 Å². The van der Waals surface area contributed by atoms with E-state index < -0.39 is 0 Å². The summed E-state index contributed by atoms with van der Waals surface area (Å²) in [6.07, 6.45) is 7.22. The summed E-state index contributed by atoms with van der Waals surface area (Å²) in [6.45, 7) is 3.88. The molecule has 0 N–H and O–H groups in total. The number of aromatic nitrogens is 4. The number of likely N-dealkylation sites (tertiary alicyclic amines) is 1. The Balaban J connectivity index is 1.60. The lowest BCUT2D eigenvalue weighted by Crippen LogP contribution is -2.39. The van der Waals surface area contributed by atoms with Crippen LogP contribution in [0.1, 0.15) is 29.9 Å². The molecule has 0 spiro atoms. The lowest BCUT2D eigenvalue weighted by molar-refractivity contribution is 0.0761. The maximum Gasteiger partial charge on any atom is 0.293 e. The van der Waals surface area contributed by atoms with Gasteiger partial charge in [0.15, 0.2) is 0 Å². The zero-order valence-electron chi connectivity index (χ0n) is 12.3. The number of hydrogen-bond donors (Lipinski definition) is 0. The molecule has 1 amide bonds. The number of rotatable bonds is 4. The van der Waals surface area contributed by atoms with Crippen molar-refractivity contribution < 1.29 is 4.79 Å². The molecule has 0 bridgehead atoms. The monoisotopic (exact) mass is 288 g/mol. The maximum absolute atomic E-state index is 12.3. The van der Waals surface area contributed by atoms with Gasteiger partial charge in [0.1, 0.15) is 0 Å². The van der Waals surface area contributed by atoms with E-state index in [0.29, 0.717) is 12.3 Å². The van der Waals surface area contributed by atoms with Crippen LogP contribution in [0.15, 0.2) is 18.5 Å². The Morgan fingerprint density at radius 1 is 1.33 bits per heavy atom. The molecule has 1 fully saturated rings. The number of fused-ring (bicyclic) bond motifs is 1. The standard InChI is InChI=1S/C14H20N6O/c1-18(10-11-19-7-3-2-4-8-19)13(21)12-16-14-15-6-5-9-20(14)17-12/h5-6,9H,2-4,7-8,10-11H2,1H3. The molecule has 3 rings (SSSR count). The van der Waals surface area contributed by atoms with E-state index in [0.717, 1.165) is 19.6 Å². The second-order valence-corrected chi connectivity index (χ2v) is 5.43. The van der Waals surface area contributed by atoms with Gasteiger partial charge in [0, 0.05) is 32.5 Å². The van der Waals surface area contributed by atoms with E-state index >= 15 is 0 Å². The average Bonchev–Trinajstić information content (AvgIpc) is 2.97. The molecule has 0 aromatic carbocycles. The highest BCUT2D eigenvalue weighted by Gasteiger charge is 2.19. The van der Waals surface area contributed by atoms with E-state index in [4.69, 9.17) is 0 Å². The van der Waals surface area contributed by atoms with Crippen LogP contribution in [0.4, 0.5) is 0 Å². The van der Waals surface area contributed by atoms with Crippen LogP contribution < -0.4 is 0 Å². The van der Waals surface area contributed by atoms with Crippen molar-refractivity contribution in [1.29, 1.82) is 0 Å². The van der Waals surface area contributed by atoms with Crippen molar-refractivity contribution in [3.8, 4) is 0 Å². The van der Waals surface area contributed by atoms with Crippen molar-refractivity contribution >= 4 is 11.7 Å². The lowest BCUT2D eigenvalue weighted by Gasteiger charge is -2.28. The van der Waals surface area contributed by atoms with Gasteiger partial charge in [-0.1, -0.05) is 6.42 Å². The minimum atomic E-state index is -0.155. The third-order valence-corrected chi connectivity index (χ3v) is 3.85. The smallest absolute Gasteiger partial charge is 0.293 e. The molecule has 7 nitrogen and oxygen atoms in total. The van der Waals surface area contributed by atoms with Gasteiger partial charge >= 0.3 is 0 Å². The SMILES string of the molecule is CN(CCN1CCCCC1)C(=O)c1nc2ncccn2n1. The summed E-state index contributed by atoms with van der Waals surface area (Å²) in [5.41, 5.74) is 0. The van der Waals surface area contributed by atoms with Crippen LogP contribution in [0.5, 0.6) is 0 Å². The summed E-state index contributed by atoms with van der Waals surface area (Å²) < 4.78 is 1.52. The second-order valence-electron chi connectivity index (χ2n) is 5.43. The van der Waals surface area contributed by atoms with Gasteiger partial charge in [0.25, 0.3) is 11.7 Å². The number of nitrogens with zero attached hydrogens (tertiary/aromatic N) is 6. The quantitative estimate of drug-likeness (QED) is 0.828. The van der Waals surface area contributed by atoms with Crippen LogP contribution in [-0.2, 0) is 0 Å². The third-order valence-electron chi connectivity index (χ3n) is 3.85. The lowest BCUT2D eigenvalue weighted by atomic mass is 10.1. The van der Waals surface area contributed by atoms with Crippen molar-refractivity contribution in [2.24, 2.45) is 0 Å². The summed E-state index contributed by atoms with van der Waals surface area (Å²) in [7, 11) is 1.80. The predicted octanol–water partition coefficient (Wildman–Crippen LogP) is 0.682. The number of amides is 1. The van der Waals surface area contributed by atoms with Gasteiger partial charge < -0.3 is 9.80 Å². The molecule has 7 heteroatoms. The molecule has 0 unspecified atom stereocenters. The average molecular weight is 288 g/mol. The van der Waals surface area contributed by atoms with E-state index in [1.54, 1.807) is 30.4 Å². The molecular weight excluding hydrogens is 268 g/mol. The van der Waals surface area contributed by atoms with E-state index in [1.807, 2.05) is 0 Å². The van der Waals surface area contributed by atoms with E-state index in [-0.39, 0.29) is 11.7 Å². The summed E-state index contributed by atoms with van der Waals surface area (Å²) >= 11 is 0. The molecule has 3 heterocycles. The highest BCUT2D eigenvalue weighted by molar-refractivity contribution is 5.90. The summed E-state index contributed by atoms with van der Waals surface area (Å²) in [4.78, 5) is 24.7. The zero-order valence-corrected chi connectivity index (χ0v) is 12.3. The van der Waals surface area contributed by atoms with Crippen LogP contribution in [-0.4, -0.2) is 68.5 Å². The number of carbonyl (C=O) groups excluding carboxylic acids is 1. The van der Waals surface area contributed by atoms with E-state index in [9.17, 15) is 4.79 Å². The normalized spacial score (nSPS) is 16.2. The fourth-order valence-corrected chi connectivity index (χ4v) is 2.57. The molecule has 0 radical (unpaired) electrons. The fourth-order valence-electron chi connectivity index (χ4n) is 2.57. The molecule has 21 heavy (non-hydrogen) atoms. The van der Waals surface area contributed by atoms with Crippen LogP contribution in [0.3, 0.4) is 0 Å². The first-order chi connectivity index (χ1) is 10.2. The van der Waals surface area contributed by atoms with Gasteiger partial charge in [-0.3, -0.25) is 4.79 Å². The van der Waals surface area contributed by atoms with E-state index in [1.165, 1.54) is 23.8 Å². The molecule has 112 valence electrons. The van der Waals surface area contributed by atoms with Crippen LogP contribution in [0, 0.1) is 0 Å².